The first-order chi connectivity index (χ1) is 13.3. The van der Waals surface area contributed by atoms with Gasteiger partial charge in [-0.3, -0.25) is 9.10 Å². The van der Waals surface area contributed by atoms with Gasteiger partial charge < -0.3 is 4.74 Å². The zero-order valence-electron chi connectivity index (χ0n) is 15.6. The molecule has 0 spiro atoms. The number of hydrogen-bond acceptors (Lipinski definition) is 4. The van der Waals surface area contributed by atoms with Crippen LogP contribution in [0.5, 0.6) is 0 Å². The monoisotopic (exact) mass is 509 g/mol. The minimum Gasteiger partial charge on any atom is -0.455 e. The van der Waals surface area contributed by atoms with Crippen molar-refractivity contribution in [2.24, 2.45) is 0 Å². The summed E-state index contributed by atoms with van der Waals surface area (Å²) in [5, 5.41) is 0. The molecular formula is C21H20INO4S. The zero-order chi connectivity index (χ0) is 20.1. The van der Waals surface area contributed by atoms with E-state index in [4.69, 9.17) is 4.74 Å². The number of carbonyl (C=O) groups excluding carboxylic acids is 1. The van der Waals surface area contributed by atoms with Gasteiger partial charge in [-0.25, -0.2) is 8.42 Å². The summed E-state index contributed by atoms with van der Waals surface area (Å²) >= 11 is 2.29. The van der Waals surface area contributed by atoms with Crippen LogP contribution in [0, 0.1) is 13.8 Å². The molecule has 1 aliphatic heterocycles. The van der Waals surface area contributed by atoms with Crippen LogP contribution in [0.25, 0.3) is 5.57 Å². The van der Waals surface area contributed by atoms with Gasteiger partial charge in [0.1, 0.15) is 12.6 Å². The fourth-order valence-electron chi connectivity index (χ4n) is 3.72. The van der Waals surface area contributed by atoms with Gasteiger partial charge in [-0.1, -0.05) is 64.6 Å². The lowest BCUT2D eigenvalue weighted by molar-refractivity contribution is -0.144. The largest absolute Gasteiger partial charge is 0.455 e. The molecule has 2 aliphatic rings. The number of rotatable bonds is 2. The Bertz CT molecular complexity index is 1080. The Morgan fingerprint density at radius 3 is 2.54 bits per heavy atom. The molecule has 0 radical (unpaired) electrons. The van der Waals surface area contributed by atoms with Crippen molar-refractivity contribution in [3.63, 3.8) is 0 Å². The summed E-state index contributed by atoms with van der Waals surface area (Å²) in [5.41, 5.74) is 4.03. The molecule has 0 bridgehead atoms. The van der Waals surface area contributed by atoms with Crippen molar-refractivity contribution in [2.75, 3.05) is 10.8 Å². The first-order valence-electron chi connectivity index (χ1n) is 9.02. The average Bonchev–Trinajstić information content (AvgIpc) is 2.99. The molecule has 1 heterocycles. The number of carbonyl (C=O) groups is 1. The fourth-order valence-corrected chi connectivity index (χ4v) is 6.00. The van der Waals surface area contributed by atoms with Crippen molar-refractivity contribution < 1.29 is 17.9 Å². The molecule has 2 aromatic rings. The maximum Gasteiger partial charge on any atom is 0.327 e. The molecule has 146 valence electrons. The lowest BCUT2D eigenvalue weighted by Crippen LogP contribution is -2.41. The number of halogens is 1. The van der Waals surface area contributed by atoms with Gasteiger partial charge in [0.25, 0.3) is 10.0 Å². The van der Waals surface area contributed by atoms with Crippen molar-refractivity contribution in [1.29, 1.82) is 0 Å². The molecular weight excluding hydrogens is 489 g/mol. The molecule has 0 unspecified atom stereocenters. The number of hydrogen-bond donors (Lipinski definition) is 0. The number of benzene rings is 2. The lowest BCUT2D eigenvalue weighted by atomic mass is 9.97. The topological polar surface area (TPSA) is 63.7 Å². The van der Waals surface area contributed by atoms with Gasteiger partial charge in [-0.15, -0.1) is 0 Å². The van der Waals surface area contributed by atoms with E-state index in [1.165, 1.54) is 4.31 Å². The first kappa shape index (κ1) is 19.4. The molecule has 0 N–H and O–H groups in total. The van der Waals surface area contributed by atoms with E-state index in [0.717, 1.165) is 28.7 Å². The van der Waals surface area contributed by atoms with Gasteiger partial charge in [0.2, 0.25) is 0 Å². The fraction of sp³-hybridized carbons (Fsp3) is 0.286. The van der Waals surface area contributed by atoms with E-state index in [0.29, 0.717) is 5.69 Å². The van der Waals surface area contributed by atoms with E-state index in [-0.39, 0.29) is 21.5 Å². The number of anilines is 1. The van der Waals surface area contributed by atoms with E-state index in [9.17, 15) is 13.2 Å². The standard InChI is InChI=1S/C21H20INO4S/c1-13-6-8-15(9-7-13)28(25,26)23-12-19(24)27-21-17(10-11-18(21)22)16-5-3-4-14(2)20(16)23/h3-10,18,21H,11-12H2,1-2H3/t18-,21-/m1/s1. The van der Waals surface area contributed by atoms with Gasteiger partial charge in [-0.05, 0) is 43.5 Å². The molecule has 5 nitrogen and oxygen atoms in total. The van der Waals surface area contributed by atoms with Crippen LogP contribution >= 0.6 is 22.6 Å². The smallest absolute Gasteiger partial charge is 0.327 e. The summed E-state index contributed by atoms with van der Waals surface area (Å²) in [5.74, 6) is -0.538. The Kier molecular flexibility index (Phi) is 4.99. The molecule has 0 amide bonds. The van der Waals surface area contributed by atoms with Gasteiger partial charge in [0.15, 0.2) is 0 Å². The number of sulfonamides is 1. The Labute approximate surface area is 178 Å². The van der Waals surface area contributed by atoms with Crippen LogP contribution in [0.2, 0.25) is 0 Å². The minimum atomic E-state index is -3.93. The Morgan fingerprint density at radius 2 is 1.82 bits per heavy atom. The number of fused-ring (bicyclic) bond motifs is 3. The van der Waals surface area contributed by atoms with E-state index < -0.39 is 16.0 Å². The molecule has 0 fully saturated rings. The Hall–Kier alpha value is -1.87. The highest BCUT2D eigenvalue weighted by Gasteiger charge is 2.39. The van der Waals surface area contributed by atoms with Crippen molar-refractivity contribution in [3.8, 4) is 0 Å². The SMILES string of the molecule is Cc1ccc(S(=O)(=O)N2CC(=O)O[C@@H]3C(=CC[C@H]3I)c3cccc(C)c32)cc1. The number of allylic oxidation sites excluding steroid dienone is 1. The molecule has 7 heteroatoms. The van der Waals surface area contributed by atoms with E-state index >= 15 is 0 Å². The van der Waals surface area contributed by atoms with E-state index in [1.807, 2.05) is 32.0 Å². The van der Waals surface area contributed by atoms with Crippen molar-refractivity contribution in [2.45, 2.75) is 35.2 Å². The van der Waals surface area contributed by atoms with Gasteiger partial charge >= 0.3 is 5.97 Å². The Balaban J connectivity index is 1.93. The van der Waals surface area contributed by atoms with E-state index in [2.05, 4.69) is 28.7 Å². The molecule has 1 aliphatic carbocycles. The highest BCUT2D eigenvalue weighted by atomic mass is 127. The Morgan fingerprint density at radius 1 is 1.11 bits per heavy atom. The van der Waals surface area contributed by atoms with Crippen LogP contribution < -0.4 is 4.31 Å². The maximum atomic E-state index is 13.5. The summed E-state index contributed by atoms with van der Waals surface area (Å²) in [7, 11) is -3.93. The number of ether oxygens (including phenoxy) is 1. The number of esters is 1. The third kappa shape index (κ3) is 3.24. The van der Waals surface area contributed by atoms with Crippen LogP contribution in [0.15, 0.2) is 53.4 Å². The summed E-state index contributed by atoms with van der Waals surface area (Å²) in [6.07, 6.45) is 2.49. The summed E-state index contributed by atoms with van der Waals surface area (Å²) < 4.78 is 34.0. The second-order valence-electron chi connectivity index (χ2n) is 7.12. The van der Waals surface area contributed by atoms with Gasteiger partial charge in [0, 0.05) is 5.56 Å². The summed E-state index contributed by atoms with van der Waals surface area (Å²) in [6.45, 7) is 3.42. The second-order valence-corrected chi connectivity index (χ2v) is 10.6. The lowest BCUT2D eigenvalue weighted by Gasteiger charge is -2.32. The molecule has 28 heavy (non-hydrogen) atoms. The van der Waals surface area contributed by atoms with Crippen LogP contribution in [0.3, 0.4) is 0 Å². The maximum absolute atomic E-state index is 13.5. The van der Waals surface area contributed by atoms with Crippen molar-refractivity contribution in [1.82, 2.24) is 0 Å². The number of nitrogens with zero attached hydrogens (tertiary/aromatic N) is 1. The summed E-state index contributed by atoms with van der Waals surface area (Å²) in [6, 6.07) is 12.3. The molecule has 0 saturated heterocycles. The predicted octanol–water partition coefficient (Wildman–Crippen LogP) is 4.01. The molecule has 4 rings (SSSR count). The predicted molar refractivity (Wildman–Crippen MR) is 117 cm³/mol. The third-order valence-corrected chi connectivity index (χ3v) is 8.06. The highest BCUT2D eigenvalue weighted by molar-refractivity contribution is 14.1. The van der Waals surface area contributed by atoms with Crippen LogP contribution in [-0.4, -0.2) is 31.0 Å². The number of aryl methyl sites for hydroxylation is 2. The molecule has 0 saturated carbocycles. The molecule has 2 atom stereocenters. The number of para-hydroxylation sites is 1. The number of alkyl halides is 1. The van der Waals surface area contributed by atoms with Crippen molar-refractivity contribution >= 4 is 49.8 Å². The molecule has 0 aromatic heterocycles. The minimum absolute atomic E-state index is 0.144. The first-order valence-corrected chi connectivity index (χ1v) is 11.7. The van der Waals surface area contributed by atoms with Crippen molar-refractivity contribution in [3.05, 3.63) is 65.2 Å². The van der Waals surface area contributed by atoms with Crippen LogP contribution in [-0.2, 0) is 19.6 Å². The quantitative estimate of drug-likeness (QED) is 0.349. The summed E-state index contributed by atoms with van der Waals surface area (Å²) in [4.78, 5) is 12.8. The van der Waals surface area contributed by atoms with Gasteiger partial charge in [-0.2, -0.15) is 0 Å². The van der Waals surface area contributed by atoms with Gasteiger partial charge in [0.05, 0.1) is 14.5 Å². The zero-order valence-corrected chi connectivity index (χ0v) is 18.5. The molecule has 2 aromatic carbocycles. The average molecular weight is 509 g/mol. The normalized spacial score (nSPS) is 21.9. The highest BCUT2D eigenvalue weighted by Crippen LogP contribution is 2.43. The van der Waals surface area contributed by atoms with Crippen LogP contribution in [0.1, 0.15) is 23.1 Å². The second kappa shape index (κ2) is 7.18. The van der Waals surface area contributed by atoms with Crippen LogP contribution in [0.4, 0.5) is 5.69 Å². The third-order valence-electron chi connectivity index (χ3n) is 5.14. The van der Waals surface area contributed by atoms with E-state index in [1.54, 1.807) is 24.3 Å².